The van der Waals surface area contributed by atoms with Gasteiger partial charge in [0.25, 0.3) is 5.91 Å². The Morgan fingerprint density at radius 3 is 2.74 bits per heavy atom. The maximum atomic E-state index is 13.5. The molecule has 4 nitrogen and oxygen atoms in total. The number of carbonyl (C=O) groups is 1. The Bertz CT molecular complexity index is 917. The topological polar surface area (TPSA) is 36.4 Å². The van der Waals surface area contributed by atoms with E-state index >= 15 is 0 Å². The van der Waals surface area contributed by atoms with E-state index in [1.807, 2.05) is 23.6 Å². The van der Waals surface area contributed by atoms with Gasteiger partial charge in [-0.3, -0.25) is 9.69 Å². The van der Waals surface area contributed by atoms with E-state index in [1.54, 1.807) is 28.4 Å². The van der Waals surface area contributed by atoms with Crippen LogP contribution in [0.25, 0.3) is 16.3 Å². The van der Waals surface area contributed by atoms with E-state index in [4.69, 9.17) is 0 Å². The van der Waals surface area contributed by atoms with Crippen LogP contribution in [0.15, 0.2) is 41.8 Å². The molecule has 7 heteroatoms. The molecule has 3 rings (SSSR count). The van der Waals surface area contributed by atoms with E-state index in [0.717, 1.165) is 29.2 Å². The van der Waals surface area contributed by atoms with Crippen molar-refractivity contribution in [3.8, 4) is 0 Å². The number of fused-ring (bicyclic) bond motifs is 1. The highest BCUT2D eigenvalue weighted by molar-refractivity contribution is 7.22. The zero-order chi connectivity index (χ0) is 19.2. The van der Waals surface area contributed by atoms with Crippen molar-refractivity contribution in [2.75, 3.05) is 31.1 Å². The number of nitrogens with zero attached hydrogens (tertiary/aromatic N) is 3. The van der Waals surface area contributed by atoms with E-state index in [2.05, 4.69) is 23.7 Å². The zero-order valence-electron chi connectivity index (χ0n) is 15.4. The minimum atomic E-state index is -0.295. The number of carbonyl (C=O) groups excluding carboxylic acids is 1. The fourth-order valence-corrected chi connectivity index (χ4v) is 4.35. The summed E-state index contributed by atoms with van der Waals surface area (Å²) in [6, 6.07) is 8.43. The molecular weight excluding hydrogens is 381 g/mol. The van der Waals surface area contributed by atoms with Crippen LogP contribution < -0.4 is 4.90 Å². The molecule has 1 amide bonds. The highest BCUT2D eigenvalue weighted by Gasteiger charge is 2.19. The molecule has 0 aliphatic heterocycles. The summed E-state index contributed by atoms with van der Waals surface area (Å²) in [5.41, 5.74) is 0.708. The van der Waals surface area contributed by atoms with E-state index in [9.17, 15) is 9.18 Å². The summed E-state index contributed by atoms with van der Waals surface area (Å²) in [6.45, 7) is 7.36. The summed E-state index contributed by atoms with van der Waals surface area (Å²) >= 11 is 2.93. The first-order valence-electron chi connectivity index (χ1n) is 8.92. The maximum absolute atomic E-state index is 13.5. The second kappa shape index (κ2) is 9.21. The summed E-state index contributed by atoms with van der Waals surface area (Å²) < 4.78 is 14.3. The van der Waals surface area contributed by atoms with Crippen LogP contribution in [-0.2, 0) is 4.79 Å². The summed E-state index contributed by atoms with van der Waals surface area (Å²) in [5.74, 6) is -0.411. The first-order valence-corrected chi connectivity index (χ1v) is 10.6. The number of hydrogen-bond donors (Lipinski definition) is 0. The smallest absolute Gasteiger partial charge is 0.252 e. The SMILES string of the molecule is CCN(CC)CCN(C(=O)/C=C/c1cccs1)c1nc2ccc(F)cc2s1. The Balaban J connectivity index is 1.86. The van der Waals surface area contributed by atoms with Crippen LogP contribution in [-0.4, -0.2) is 42.0 Å². The minimum absolute atomic E-state index is 0.116. The van der Waals surface area contributed by atoms with E-state index in [0.29, 0.717) is 17.2 Å². The lowest BCUT2D eigenvalue weighted by atomic mass is 10.3. The summed E-state index contributed by atoms with van der Waals surface area (Å²) in [5, 5.41) is 2.58. The van der Waals surface area contributed by atoms with Crippen molar-refractivity contribution in [2.45, 2.75) is 13.8 Å². The van der Waals surface area contributed by atoms with Crippen molar-refractivity contribution >= 4 is 50.0 Å². The fraction of sp³-hybridized carbons (Fsp3) is 0.300. The predicted octanol–water partition coefficient (Wildman–Crippen LogP) is 4.89. The van der Waals surface area contributed by atoms with Crippen LogP contribution in [0.5, 0.6) is 0 Å². The van der Waals surface area contributed by atoms with Crippen molar-refractivity contribution in [3.63, 3.8) is 0 Å². The molecule has 0 atom stereocenters. The molecule has 2 heterocycles. The lowest BCUT2D eigenvalue weighted by molar-refractivity contribution is -0.114. The van der Waals surface area contributed by atoms with Crippen molar-refractivity contribution < 1.29 is 9.18 Å². The fourth-order valence-electron chi connectivity index (χ4n) is 2.71. The number of amides is 1. The molecule has 1 aromatic carbocycles. The number of rotatable bonds is 8. The molecular formula is C20H22FN3OS2. The average molecular weight is 404 g/mol. The average Bonchev–Trinajstić information content (AvgIpc) is 3.32. The molecule has 0 unspecified atom stereocenters. The van der Waals surface area contributed by atoms with E-state index in [-0.39, 0.29) is 11.7 Å². The second-order valence-electron chi connectivity index (χ2n) is 5.97. The number of thiazole rings is 1. The van der Waals surface area contributed by atoms with Gasteiger partial charge in [-0.1, -0.05) is 31.3 Å². The molecule has 2 aromatic heterocycles. The quantitative estimate of drug-likeness (QED) is 0.503. The van der Waals surface area contributed by atoms with Crippen LogP contribution in [0.4, 0.5) is 9.52 Å². The van der Waals surface area contributed by atoms with Crippen LogP contribution >= 0.6 is 22.7 Å². The number of benzene rings is 1. The zero-order valence-corrected chi connectivity index (χ0v) is 17.0. The predicted molar refractivity (Wildman–Crippen MR) is 113 cm³/mol. The normalized spacial score (nSPS) is 11.7. The van der Waals surface area contributed by atoms with Crippen molar-refractivity contribution in [1.82, 2.24) is 9.88 Å². The highest BCUT2D eigenvalue weighted by Crippen LogP contribution is 2.29. The number of aromatic nitrogens is 1. The van der Waals surface area contributed by atoms with Crippen molar-refractivity contribution in [1.29, 1.82) is 0 Å². The van der Waals surface area contributed by atoms with Gasteiger partial charge >= 0.3 is 0 Å². The van der Waals surface area contributed by atoms with Gasteiger partial charge in [0, 0.05) is 24.0 Å². The Labute approximate surface area is 166 Å². The second-order valence-corrected chi connectivity index (χ2v) is 7.96. The van der Waals surface area contributed by atoms with Crippen molar-refractivity contribution in [3.05, 3.63) is 52.5 Å². The molecule has 27 heavy (non-hydrogen) atoms. The molecule has 0 N–H and O–H groups in total. The minimum Gasteiger partial charge on any atom is -0.302 e. The lowest BCUT2D eigenvalue weighted by Crippen LogP contribution is -2.38. The van der Waals surface area contributed by atoms with Crippen LogP contribution in [0.3, 0.4) is 0 Å². The first-order chi connectivity index (χ1) is 13.1. The Hall–Kier alpha value is -2.09. The summed E-state index contributed by atoms with van der Waals surface area (Å²) in [7, 11) is 0. The Morgan fingerprint density at radius 1 is 1.22 bits per heavy atom. The summed E-state index contributed by atoms with van der Waals surface area (Å²) in [4.78, 5) is 22.4. The number of likely N-dealkylation sites (N-methyl/N-ethyl adjacent to an activating group) is 1. The first kappa shape index (κ1) is 19.7. The largest absolute Gasteiger partial charge is 0.302 e. The molecule has 0 radical (unpaired) electrons. The monoisotopic (exact) mass is 403 g/mol. The van der Waals surface area contributed by atoms with Crippen LogP contribution in [0.2, 0.25) is 0 Å². The van der Waals surface area contributed by atoms with Crippen molar-refractivity contribution in [2.24, 2.45) is 0 Å². The number of anilines is 1. The maximum Gasteiger partial charge on any atom is 0.252 e. The number of hydrogen-bond acceptors (Lipinski definition) is 5. The molecule has 0 aliphatic rings. The molecule has 0 saturated carbocycles. The van der Waals surface area contributed by atoms with Gasteiger partial charge in [0.2, 0.25) is 0 Å². The number of thiophene rings is 1. The molecule has 142 valence electrons. The standard InChI is InChI=1S/C20H22FN3OS2/c1-3-23(4-2)11-12-24(19(25)10-8-16-6-5-13-26-16)20-22-17-9-7-15(21)14-18(17)27-20/h5-10,13-14H,3-4,11-12H2,1-2H3/b10-8+. The molecule has 0 spiro atoms. The van der Waals surface area contributed by atoms with Gasteiger partial charge < -0.3 is 4.90 Å². The molecule has 0 saturated heterocycles. The third kappa shape index (κ3) is 5.00. The number of halogens is 1. The molecule has 0 fully saturated rings. The van der Waals surface area contributed by atoms with Gasteiger partial charge in [-0.25, -0.2) is 9.37 Å². The third-order valence-corrected chi connectivity index (χ3v) is 6.18. The van der Waals surface area contributed by atoms with Gasteiger partial charge in [0.05, 0.1) is 10.2 Å². The molecule has 3 aromatic rings. The third-order valence-electron chi connectivity index (χ3n) is 4.30. The van der Waals surface area contributed by atoms with Gasteiger partial charge in [-0.2, -0.15) is 0 Å². The molecule has 0 bridgehead atoms. The van der Waals surface area contributed by atoms with Gasteiger partial charge in [-0.05, 0) is 48.8 Å². The highest BCUT2D eigenvalue weighted by atomic mass is 32.1. The van der Waals surface area contributed by atoms with Crippen LogP contribution in [0.1, 0.15) is 18.7 Å². The van der Waals surface area contributed by atoms with Gasteiger partial charge in [-0.15, -0.1) is 11.3 Å². The Morgan fingerprint density at radius 2 is 2.04 bits per heavy atom. The Kier molecular flexibility index (Phi) is 6.71. The lowest BCUT2D eigenvalue weighted by Gasteiger charge is -2.23. The van der Waals surface area contributed by atoms with E-state index in [1.165, 1.54) is 23.5 Å². The van der Waals surface area contributed by atoms with E-state index < -0.39 is 0 Å². The van der Waals surface area contributed by atoms with Gasteiger partial charge in [0.1, 0.15) is 5.82 Å². The molecule has 0 aliphatic carbocycles. The van der Waals surface area contributed by atoms with Gasteiger partial charge in [0.15, 0.2) is 5.13 Å². The summed E-state index contributed by atoms with van der Waals surface area (Å²) in [6.07, 6.45) is 3.41. The van der Waals surface area contributed by atoms with Crippen LogP contribution in [0, 0.1) is 5.82 Å².